The normalized spacial score (nSPS) is 10.9. The van der Waals surface area contributed by atoms with Gasteiger partial charge in [-0.05, 0) is 12.8 Å². The van der Waals surface area contributed by atoms with Crippen molar-refractivity contribution in [2.45, 2.75) is 20.8 Å². The second-order valence-electron chi connectivity index (χ2n) is 3.90. The highest BCUT2D eigenvalue weighted by molar-refractivity contribution is 7.13. The van der Waals surface area contributed by atoms with E-state index in [-0.39, 0.29) is 0 Å². The van der Waals surface area contributed by atoms with Gasteiger partial charge in [0.1, 0.15) is 0 Å². The van der Waals surface area contributed by atoms with Crippen molar-refractivity contribution in [3.8, 4) is 0 Å². The van der Waals surface area contributed by atoms with E-state index in [1.165, 1.54) is 0 Å². The summed E-state index contributed by atoms with van der Waals surface area (Å²) in [6, 6.07) is 0. The molecule has 80 valence electrons. The molecular formula is C10H19N3S. The lowest BCUT2D eigenvalue weighted by atomic mass is 10.2. The van der Waals surface area contributed by atoms with Crippen molar-refractivity contribution in [2.75, 3.05) is 24.5 Å². The second-order valence-corrected chi connectivity index (χ2v) is 4.74. The Hall–Kier alpha value is -0.610. The smallest absolute Gasteiger partial charge is 0.185 e. The van der Waals surface area contributed by atoms with E-state index in [1.807, 2.05) is 6.92 Å². The predicted octanol–water partition coefficient (Wildman–Crippen LogP) is 1.87. The van der Waals surface area contributed by atoms with Crippen molar-refractivity contribution in [3.05, 3.63) is 11.1 Å². The van der Waals surface area contributed by atoms with Gasteiger partial charge in [0.25, 0.3) is 0 Å². The average Bonchev–Trinajstić information content (AvgIpc) is 2.50. The van der Waals surface area contributed by atoms with Crippen LogP contribution in [0.5, 0.6) is 0 Å². The van der Waals surface area contributed by atoms with E-state index in [0.717, 1.165) is 23.9 Å². The van der Waals surface area contributed by atoms with Crippen LogP contribution in [0.2, 0.25) is 0 Å². The summed E-state index contributed by atoms with van der Waals surface area (Å²) in [7, 11) is 0. The molecule has 1 rings (SSSR count). The first-order valence-corrected chi connectivity index (χ1v) is 5.88. The van der Waals surface area contributed by atoms with Crippen LogP contribution in [0.1, 0.15) is 19.5 Å². The molecule has 0 radical (unpaired) electrons. The maximum atomic E-state index is 5.58. The molecule has 3 nitrogen and oxygen atoms in total. The van der Waals surface area contributed by atoms with Crippen LogP contribution in [-0.4, -0.2) is 24.6 Å². The van der Waals surface area contributed by atoms with Crippen LogP contribution >= 0.6 is 11.3 Å². The highest BCUT2D eigenvalue weighted by Gasteiger charge is 2.10. The van der Waals surface area contributed by atoms with Crippen molar-refractivity contribution in [1.29, 1.82) is 0 Å². The SMILES string of the molecule is Cc1csc(N(CCN)CC(C)C)n1. The monoisotopic (exact) mass is 213 g/mol. The van der Waals surface area contributed by atoms with Gasteiger partial charge in [-0.2, -0.15) is 0 Å². The minimum Gasteiger partial charge on any atom is -0.347 e. The lowest BCUT2D eigenvalue weighted by Crippen LogP contribution is -2.32. The largest absolute Gasteiger partial charge is 0.347 e. The molecule has 4 heteroatoms. The summed E-state index contributed by atoms with van der Waals surface area (Å²) in [6.07, 6.45) is 0. The van der Waals surface area contributed by atoms with Crippen LogP contribution in [0.25, 0.3) is 0 Å². The number of nitrogens with zero attached hydrogens (tertiary/aromatic N) is 2. The lowest BCUT2D eigenvalue weighted by Gasteiger charge is -2.22. The zero-order valence-electron chi connectivity index (χ0n) is 9.16. The Kier molecular flexibility index (Phi) is 4.35. The summed E-state index contributed by atoms with van der Waals surface area (Å²) in [5, 5.41) is 3.18. The summed E-state index contributed by atoms with van der Waals surface area (Å²) >= 11 is 1.70. The van der Waals surface area contributed by atoms with Gasteiger partial charge in [-0.25, -0.2) is 4.98 Å². The third-order valence-corrected chi connectivity index (χ3v) is 2.88. The van der Waals surface area contributed by atoms with E-state index in [1.54, 1.807) is 11.3 Å². The fourth-order valence-electron chi connectivity index (χ4n) is 1.35. The van der Waals surface area contributed by atoms with Crippen LogP contribution < -0.4 is 10.6 Å². The molecule has 1 aromatic rings. The van der Waals surface area contributed by atoms with Crippen LogP contribution in [0.4, 0.5) is 5.13 Å². The number of aromatic nitrogens is 1. The Morgan fingerprint density at radius 1 is 1.57 bits per heavy atom. The first kappa shape index (κ1) is 11.5. The zero-order chi connectivity index (χ0) is 10.6. The molecule has 0 aliphatic rings. The number of hydrogen-bond donors (Lipinski definition) is 1. The van der Waals surface area contributed by atoms with Crippen molar-refractivity contribution >= 4 is 16.5 Å². The highest BCUT2D eigenvalue weighted by atomic mass is 32.1. The van der Waals surface area contributed by atoms with E-state index in [2.05, 4.69) is 29.1 Å². The fourth-order valence-corrected chi connectivity index (χ4v) is 2.19. The highest BCUT2D eigenvalue weighted by Crippen LogP contribution is 2.20. The second kappa shape index (κ2) is 5.32. The molecule has 1 heterocycles. The van der Waals surface area contributed by atoms with E-state index >= 15 is 0 Å². The Labute approximate surface area is 89.9 Å². The molecule has 0 saturated carbocycles. The molecule has 0 aliphatic heterocycles. The third kappa shape index (κ3) is 3.27. The molecule has 0 unspecified atom stereocenters. The molecule has 0 aliphatic carbocycles. The van der Waals surface area contributed by atoms with Gasteiger partial charge in [0.15, 0.2) is 5.13 Å². The number of hydrogen-bond acceptors (Lipinski definition) is 4. The fraction of sp³-hybridized carbons (Fsp3) is 0.700. The van der Waals surface area contributed by atoms with Crippen molar-refractivity contribution < 1.29 is 0 Å². The van der Waals surface area contributed by atoms with Crippen LogP contribution in [0.3, 0.4) is 0 Å². The Bertz CT molecular complexity index is 270. The van der Waals surface area contributed by atoms with Crippen molar-refractivity contribution in [2.24, 2.45) is 11.7 Å². The van der Waals surface area contributed by atoms with Crippen LogP contribution in [-0.2, 0) is 0 Å². The number of nitrogens with two attached hydrogens (primary N) is 1. The van der Waals surface area contributed by atoms with Gasteiger partial charge in [0.2, 0.25) is 0 Å². The van der Waals surface area contributed by atoms with E-state index in [0.29, 0.717) is 12.5 Å². The molecule has 0 amide bonds. The Morgan fingerprint density at radius 3 is 2.71 bits per heavy atom. The minimum absolute atomic E-state index is 0.644. The van der Waals surface area contributed by atoms with E-state index < -0.39 is 0 Å². The first-order valence-electron chi connectivity index (χ1n) is 5.00. The maximum Gasteiger partial charge on any atom is 0.185 e. The standard InChI is InChI=1S/C10H19N3S/c1-8(2)6-13(5-4-11)10-12-9(3)7-14-10/h7-8H,4-6,11H2,1-3H3. The number of aryl methyl sites for hydroxylation is 1. The molecule has 14 heavy (non-hydrogen) atoms. The van der Waals surface area contributed by atoms with E-state index in [4.69, 9.17) is 5.73 Å². The molecule has 0 atom stereocenters. The topological polar surface area (TPSA) is 42.1 Å². The summed E-state index contributed by atoms with van der Waals surface area (Å²) < 4.78 is 0. The van der Waals surface area contributed by atoms with Gasteiger partial charge in [-0.15, -0.1) is 11.3 Å². The molecule has 0 saturated heterocycles. The molecule has 0 spiro atoms. The van der Waals surface area contributed by atoms with Gasteiger partial charge in [0.05, 0.1) is 5.69 Å². The zero-order valence-corrected chi connectivity index (χ0v) is 9.97. The molecule has 0 fully saturated rings. The van der Waals surface area contributed by atoms with Crippen molar-refractivity contribution in [3.63, 3.8) is 0 Å². The van der Waals surface area contributed by atoms with Gasteiger partial charge in [-0.3, -0.25) is 0 Å². The summed E-state index contributed by atoms with van der Waals surface area (Å²) in [5.41, 5.74) is 6.68. The quantitative estimate of drug-likeness (QED) is 0.812. The van der Waals surface area contributed by atoms with Gasteiger partial charge >= 0.3 is 0 Å². The lowest BCUT2D eigenvalue weighted by molar-refractivity contribution is 0.610. The van der Waals surface area contributed by atoms with Gasteiger partial charge < -0.3 is 10.6 Å². The predicted molar refractivity (Wildman–Crippen MR) is 63.0 cm³/mol. The van der Waals surface area contributed by atoms with Crippen molar-refractivity contribution in [1.82, 2.24) is 4.98 Å². The summed E-state index contributed by atoms with van der Waals surface area (Å²) in [6.45, 7) is 9.06. The van der Waals surface area contributed by atoms with Gasteiger partial charge in [-0.1, -0.05) is 13.8 Å². The molecule has 0 aromatic carbocycles. The maximum absolute atomic E-state index is 5.58. The Morgan fingerprint density at radius 2 is 2.29 bits per heavy atom. The molecule has 1 aromatic heterocycles. The Balaban J connectivity index is 2.66. The average molecular weight is 213 g/mol. The van der Waals surface area contributed by atoms with Crippen LogP contribution in [0, 0.1) is 12.8 Å². The van der Waals surface area contributed by atoms with Gasteiger partial charge in [0, 0.05) is 25.0 Å². The number of thiazole rings is 1. The molecular weight excluding hydrogens is 194 g/mol. The first-order chi connectivity index (χ1) is 6.63. The number of rotatable bonds is 5. The summed E-state index contributed by atoms with van der Waals surface area (Å²) in [5.74, 6) is 0.644. The minimum atomic E-state index is 0.644. The van der Waals surface area contributed by atoms with Crippen LogP contribution in [0.15, 0.2) is 5.38 Å². The summed E-state index contributed by atoms with van der Waals surface area (Å²) in [4.78, 5) is 6.74. The molecule has 2 N–H and O–H groups in total. The molecule has 0 bridgehead atoms. The number of anilines is 1. The van der Waals surface area contributed by atoms with E-state index in [9.17, 15) is 0 Å². The third-order valence-electron chi connectivity index (χ3n) is 1.86.